The van der Waals surface area contributed by atoms with Gasteiger partial charge in [-0.05, 0) is 38.8 Å². The molecule has 1 heterocycles. The molecule has 0 saturated heterocycles. The van der Waals surface area contributed by atoms with E-state index in [4.69, 9.17) is 14.5 Å². The molecule has 2 aromatic rings. The van der Waals surface area contributed by atoms with E-state index in [0.29, 0.717) is 26.4 Å². The number of nitrogens with zero attached hydrogens (tertiary/aromatic N) is 2. The van der Waals surface area contributed by atoms with Crippen LogP contribution in [0.1, 0.15) is 42.6 Å². The summed E-state index contributed by atoms with van der Waals surface area (Å²) in [6.07, 6.45) is 1.88. The van der Waals surface area contributed by atoms with Crippen LogP contribution in [0.3, 0.4) is 0 Å². The highest BCUT2D eigenvalue weighted by Gasteiger charge is 2.06. The fourth-order valence-corrected chi connectivity index (χ4v) is 3.50. The maximum absolute atomic E-state index is 5.92. The number of nitrogens with one attached hydrogen (secondary N) is 2. The van der Waals surface area contributed by atoms with Gasteiger partial charge in [0.15, 0.2) is 5.96 Å². The normalized spacial score (nSPS) is 11.1. The molecule has 0 radical (unpaired) electrons. The highest BCUT2D eigenvalue weighted by atomic mass is 127. The molecule has 0 unspecified atom stereocenters. The predicted octanol–water partition coefficient (Wildman–Crippen LogP) is 4.35. The molecule has 30 heavy (non-hydrogen) atoms. The first-order chi connectivity index (χ1) is 14.2. The van der Waals surface area contributed by atoms with Gasteiger partial charge in [0, 0.05) is 37.1 Å². The Balaban J connectivity index is 0.00000450. The van der Waals surface area contributed by atoms with Crippen molar-refractivity contribution in [2.45, 2.75) is 47.1 Å². The number of hydrogen-bond acceptors (Lipinski definition) is 5. The van der Waals surface area contributed by atoms with E-state index >= 15 is 0 Å². The second kappa shape index (κ2) is 15.4. The van der Waals surface area contributed by atoms with Crippen LogP contribution in [0, 0.1) is 6.92 Å². The summed E-state index contributed by atoms with van der Waals surface area (Å²) in [6, 6.07) is 6.23. The highest BCUT2D eigenvalue weighted by molar-refractivity contribution is 14.0. The third kappa shape index (κ3) is 9.61. The maximum atomic E-state index is 5.92. The Labute approximate surface area is 201 Å². The third-order valence-electron chi connectivity index (χ3n) is 4.24. The molecule has 0 aliphatic heterocycles. The fraction of sp³-hybridized carbons (Fsp3) is 0.545. The van der Waals surface area contributed by atoms with Gasteiger partial charge in [0.2, 0.25) is 0 Å². The molecule has 0 spiro atoms. The van der Waals surface area contributed by atoms with Crippen LogP contribution in [-0.4, -0.2) is 43.9 Å². The first kappa shape index (κ1) is 26.6. The minimum absolute atomic E-state index is 0. The Morgan fingerprint density at radius 1 is 1.17 bits per heavy atom. The smallest absolute Gasteiger partial charge is 0.191 e. The summed E-state index contributed by atoms with van der Waals surface area (Å²) in [4.78, 5) is 9.35. The van der Waals surface area contributed by atoms with Gasteiger partial charge in [-0.25, -0.2) is 9.98 Å². The molecule has 8 heteroatoms. The van der Waals surface area contributed by atoms with Gasteiger partial charge < -0.3 is 20.1 Å². The number of thiazole rings is 1. The summed E-state index contributed by atoms with van der Waals surface area (Å²) in [5, 5.41) is 10.0. The van der Waals surface area contributed by atoms with Gasteiger partial charge in [0.05, 0.1) is 23.9 Å². The van der Waals surface area contributed by atoms with Crippen LogP contribution in [0.4, 0.5) is 0 Å². The molecule has 1 aromatic carbocycles. The lowest BCUT2D eigenvalue weighted by atomic mass is 10.1. The zero-order valence-corrected chi connectivity index (χ0v) is 21.6. The Hall–Kier alpha value is -1.39. The van der Waals surface area contributed by atoms with Crippen LogP contribution >= 0.6 is 35.3 Å². The standard InChI is InChI=1S/C22H34N4O2S.HI/c1-5-21-26-19(16-29-21)10-11-24-22(23-6-2)25-15-18-9-8-17(4)14-20(18)28-13-12-27-7-3;/h8-9,14,16H,5-7,10-13,15H2,1-4H3,(H2,23,24,25);1H. The minimum Gasteiger partial charge on any atom is -0.491 e. The van der Waals surface area contributed by atoms with E-state index in [9.17, 15) is 0 Å². The van der Waals surface area contributed by atoms with Crippen LogP contribution < -0.4 is 15.4 Å². The van der Waals surface area contributed by atoms with Crippen molar-refractivity contribution in [3.8, 4) is 5.75 Å². The lowest BCUT2D eigenvalue weighted by Crippen LogP contribution is -2.38. The number of hydrogen-bond donors (Lipinski definition) is 2. The number of rotatable bonds is 12. The van der Waals surface area contributed by atoms with Crippen LogP contribution in [0.25, 0.3) is 0 Å². The molecule has 0 aliphatic carbocycles. The molecular weight excluding hydrogens is 511 g/mol. The summed E-state index contributed by atoms with van der Waals surface area (Å²) in [6.45, 7) is 12.3. The number of benzene rings is 1. The Morgan fingerprint density at radius 2 is 2.00 bits per heavy atom. The van der Waals surface area contributed by atoms with Crippen molar-refractivity contribution < 1.29 is 9.47 Å². The maximum Gasteiger partial charge on any atom is 0.191 e. The molecule has 6 nitrogen and oxygen atoms in total. The van der Waals surface area contributed by atoms with Crippen molar-refractivity contribution in [2.24, 2.45) is 4.99 Å². The zero-order valence-electron chi connectivity index (χ0n) is 18.5. The van der Waals surface area contributed by atoms with Crippen LogP contribution in [-0.2, 0) is 24.1 Å². The molecule has 168 valence electrons. The molecule has 0 fully saturated rings. The largest absolute Gasteiger partial charge is 0.491 e. The van der Waals surface area contributed by atoms with Gasteiger partial charge in [0.1, 0.15) is 12.4 Å². The first-order valence-electron chi connectivity index (χ1n) is 10.4. The fourth-order valence-electron chi connectivity index (χ4n) is 2.72. The number of aliphatic imine (C=N–C) groups is 1. The number of halogens is 1. The molecule has 0 saturated carbocycles. The number of aryl methyl sites for hydroxylation is 2. The molecule has 2 rings (SSSR count). The molecule has 0 atom stereocenters. The number of ether oxygens (including phenoxy) is 2. The quantitative estimate of drug-likeness (QED) is 0.180. The second-order valence-electron chi connectivity index (χ2n) is 6.61. The van der Waals surface area contributed by atoms with Crippen LogP contribution in [0.5, 0.6) is 5.75 Å². The second-order valence-corrected chi connectivity index (χ2v) is 7.56. The SMILES string of the molecule is CCNC(=NCc1ccc(C)cc1OCCOCC)NCCc1csc(CC)n1.I. The van der Waals surface area contributed by atoms with Gasteiger partial charge in [-0.3, -0.25) is 0 Å². The van der Waals surface area contributed by atoms with Crippen molar-refractivity contribution in [2.75, 3.05) is 32.9 Å². The molecule has 0 aliphatic rings. The molecule has 2 N–H and O–H groups in total. The van der Waals surface area contributed by atoms with Crippen LogP contribution in [0.2, 0.25) is 0 Å². The summed E-state index contributed by atoms with van der Waals surface area (Å²) in [5.74, 6) is 1.68. The Bertz CT molecular complexity index is 767. The van der Waals surface area contributed by atoms with E-state index in [1.54, 1.807) is 11.3 Å². The van der Waals surface area contributed by atoms with E-state index in [2.05, 4.69) is 60.0 Å². The van der Waals surface area contributed by atoms with Gasteiger partial charge in [-0.15, -0.1) is 35.3 Å². The first-order valence-corrected chi connectivity index (χ1v) is 11.3. The van der Waals surface area contributed by atoms with E-state index in [1.165, 1.54) is 10.6 Å². The Kier molecular flexibility index (Phi) is 13.7. The van der Waals surface area contributed by atoms with Gasteiger partial charge in [-0.2, -0.15) is 0 Å². The highest BCUT2D eigenvalue weighted by Crippen LogP contribution is 2.21. The number of guanidine groups is 1. The van der Waals surface area contributed by atoms with Gasteiger partial charge in [0.25, 0.3) is 0 Å². The van der Waals surface area contributed by atoms with E-state index in [-0.39, 0.29) is 24.0 Å². The van der Waals surface area contributed by atoms with Crippen molar-refractivity contribution in [3.63, 3.8) is 0 Å². The van der Waals surface area contributed by atoms with E-state index in [1.807, 2.05) is 6.92 Å². The van der Waals surface area contributed by atoms with Crippen molar-refractivity contribution >= 4 is 41.3 Å². The molecule has 0 bridgehead atoms. The third-order valence-corrected chi connectivity index (χ3v) is 5.28. The molecule has 1 aromatic heterocycles. The van der Waals surface area contributed by atoms with Gasteiger partial charge in [-0.1, -0.05) is 19.1 Å². The van der Waals surface area contributed by atoms with Crippen molar-refractivity contribution in [1.82, 2.24) is 15.6 Å². The predicted molar refractivity (Wildman–Crippen MR) is 137 cm³/mol. The minimum atomic E-state index is 0. The van der Waals surface area contributed by atoms with Crippen molar-refractivity contribution in [3.05, 3.63) is 45.4 Å². The number of aromatic nitrogens is 1. The van der Waals surface area contributed by atoms with E-state index in [0.717, 1.165) is 48.9 Å². The van der Waals surface area contributed by atoms with Crippen molar-refractivity contribution in [1.29, 1.82) is 0 Å². The Morgan fingerprint density at radius 3 is 2.70 bits per heavy atom. The van der Waals surface area contributed by atoms with E-state index < -0.39 is 0 Å². The summed E-state index contributed by atoms with van der Waals surface area (Å²) >= 11 is 1.73. The lowest BCUT2D eigenvalue weighted by Gasteiger charge is -2.13. The zero-order chi connectivity index (χ0) is 20.9. The summed E-state index contributed by atoms with van der Waals surface area (Å²) in [7, 11) is 0. The monoisotopic (exact) mass is 546 g/mol. The van der Waals surface area contributed by atoms with Crippen LogP contribution in [0.15, 0.2) is 28.6 Å². The molecular formula is C22H35IN4O2S. The summed E-state index contributed by atoms with van der Waals surface area (Å²) in [5.41, 5.74) is 3.37. The topological polar surface area (TPSA) is 67.8 Å². The summed E-state index contributed by atoms with van der Waals surface area (Å²) < 4.78 is 11.3. The average Bonchev–Trinajstić information content (AvgIpc) is 3.18. The molecule has 0 amide bonds. The van der Waals surface area contributed by atoms with Gasteiger partial charge >= 0.3 is 0 Å². The lowest BCUT2D eigenvalue weighted by molar-refractivity contribution is 0.110. The average molecular weight is 547 g/mol.